The quantitative estimate of drug-likeness (QED) is 0.575. The first kappa shape index (κ1) is 19.7. The maximum absolute atomic E-state index is 12.2. The molecule has 142 valence electrons. The number of aromatic nitrogens is 4. The molecule has 0 aliphatic rings. The van der Waals surface area contributed by atoms with Crippen molar-refractivity contribution in [3.05, 3.63) is 40.2 Å². The molecule has 0 aliphatic carbocycles. The molecule has 2 N–H and O–H groups in total. The van der Waals surface area contributed by atoms with Gasteiger partial charge in [-0.2, -0.15) is 5.10 Å². The summed E-state index contributed by atoms with van der Waals surface area (Å²) in [5, 5.41) is 20.0. The van der Waals surface area contributed by atoms with E-state index in [0.717, 1.165) is 28.3 Å². The van der Waals surface area contributed by atoms with Crippen molar-refractivity contribution >= 4 is 57.1 Å². The number of carbonyl (C=O) groups is 1. The number of amides is 1. The Hall–Kier alpha value is -2.10. The summed E-state index contributed by atoms with van der Waals surface area (Å²) in [5.74, 6) is 0.146. The second-order valence-corrected chi connectivity index (χ2v) is 8.52. The minimum absolute atomic E-state index is 0.102. The smallest absolute Gasteiger partial charge is 0.234 e. The Bertz CT molecular complexity index is 984. The molecule has 2 aromatic heterocycles. The fourth-order valence-electron chi connectivity index (χ4n) is 2.43. The van der Waals surface area contributed by atoms with E-state index in [9.17, 15) is 4.79 Å². The summed E-state index contributed by atoms with van der Waals surface area (Å²) in [5.41, 5.74) is 4.32. The van der Waals surface area contributed by atoms with E-state index in [1.54, 1.807) is 4.68 Å². The number of halogens is 1. The van der Waals surface area contributed by atoms with Crippen LogP contribution in [0.25, 0.3) is 0 Å². The number of carbonyl (C=O) groups excluding carboxylic acids is 1. The van der Waals surface area contributed by atoms with Crippen LogP contribution < -0.4 is 10.6 Å². The van der Waals surface area contributed by atoms with Crippen LogP contribution in [-0.2, 0) is 11.8 Å². The zero-order valence-electron chi connectivity index (χ0n) is 15.3. The highest BCUT2D eigenvalue weighted by atomic mass is 35.5. The molecule has 3 aromatic rings. The van der Waals surface area contributed by atoms with Gasteiger partial charge < -0.3 is 10.6 Å². The number of hydrogen-bond acceptors (Lipinski definition) is 7. The molecular formula is C17H19ClN6OS2. The number of hydrogen-bond donors (Lipinski definition) is 2. The van der Waals surface area contributed by atoms with Crippen molar-refractivity contribution in [2.45, 2.75) is 25.1 Å². The lowest BCUT2D eigenvalue weighted by Gasteiger charge is -2.07. The Labute approximate surface area is 170 Å². The lowest BCUT2D eigenvalue weighted by molar-refractivity contribution is -0.113. The summed E-state index contributed by atoms with van der Waals surface area (Å²) < 4.78 is 2.46. The second kappa shape index (κ2) is 8.28. The zero-order valence-corrected chi connectivity index (χ0v) is 17.7. The summed E-state index contributed by atoms with van der Waals surface area (Å²) in [7, 11) is 1.85. The SMILES string of the molecule is Cc1nn(C)c(C)c1NC(=O)CSc1nnc(Nc2cccc(Cl)c2C)s1. The maximum Gasteiger partial charge on any atom is 0.234 e. The van der Waals surface area contributed by atoms with Crippen LogP contribution in [0, 0.1) is 20.8 Å². The molecule has 3 rings (SSSR count). The Morgan fingerprint density at radius 3 is 2.78 bits per heavy atom. The highest BCUT2D eigenvalue weighted by molar-refractivity contribution is 8.01. The lowest BCUT2D eigenvalue weighted by atomic mass is 10.2. The van der Waals surface area contributed by atoms with E-state index in [1.807, 2.05) is 46.0 Å². The molecule has 0 atom stereocenters. The highest BCUT2D eigenvalue weighted by Gasteiger charge is 2.14. The third kappa shape index (κ3) is 4.60. The summed E-state index contributed by atoms with van der Waals surface area (Å²) in [6.07, 6.45) is 0. The average Bonchev–Trinajstić information content (AvgIpc) is 3.17. The number of benzene rings is 1. The van der Waals surface area contributed by atoms with E-state index in [4.69, 9.17) is 11.6 Å². The number of nitrogens with one attached hydrogen (secondary N) is 2. The molecule has 0 saturated carbocycles. The van der Waals surface area contributed by atoms with Crippen molar-refractivity contribution < 1.29 is 4.79 Å². The van der Waals surface area contributed by atoms with Crippen LogP contribution in [0.1, 0.15) is 17.0 Å². The van der Waals surface area contributed by atoms with Gasteiger partial charge in [0.05, 0.1) is 22.8 Å². The zero-order chi connectivity index (χ0) is 19.6. The van der Waals surface area contributed by atoms with Crippen molar-refractivity contribution in [2.24, 2.45) is 7.05 Å². The number of rotatable bonds is 6. The molecule has 0 unspecified atom stereocenters. The first-order valence-corrected chi connectivity index (χ1v) is 10.3. The fraction of sp³-hybridized carbons (Fsp3) is 0.294. The van der Waals surface area contributed by atoms with Gasteiger partial charge in [0.15, 0.2) is 4.34 Å². The largest absolute Gasteiger partial charge is 0.330 e. The molecule has 0 spiro atoms. The van der Waals surface area contributed by atoms with E-state index in [2.05, 4.69) is 25.9 Å². The number of nitrogens with zero attached hydrogens (tertiary/aromatic N) is 4. The standard InChI is InChI=1S/C17H19ClN6OS2/c1-9-12(18)6-5-7-13(9)19-16-21-22-17(27-16)26-8-14(25)20-15-10(2)23-24(4)11(15)3/h5-7H,8H2,1-4H3,(H,19,21)(H,20,25). The normalized spacial score (nSPS) is 10.9. The first-order chi connectivity index (χ1) is 12.8. The summed E-state index contributed by atoms with van der Waals surface area (Å²) >= 11 is 8.87. The van der Waals surface area contributed by atoms with Crippen LogP contribution in [0.2, 0.25) is 5.02 Å². The molecular weight excluding hydrogens is 404 g/mol. The van der Waals surface area contributed by atoms with Crippen molar-refractivity contribution in [3.63, 3.8) is 0 Å². The van der Waals surface area contributed by atoms with Crippen LogP contribution in [0.5, 0.6) is 0 Å². The Morgan fingerprint density at radius 1 is 1.30 bits per heavy atom. The molecule has 0 fully saturated rings. The number of aryl methyl sites for hydroxylation is 2. The van der Waals surface area contributed by atoms with Crippen LogP contribution in [0.3, 0.4) is 0 Å². The van der Waals surface area contributed by atoms with Gasteiger partial charge in [0.1, 0.15) is 0 Å². The van der Waals surface area contributed by atoms with E-state index >= 15 is 0 Å². The third-order valence-electron chi connectivity index (χ3n) is 4.02. The van der Waals surface area contributed by atoms with Crippen molar-refractivity contribution in [1.29, 1.82) is 0 Å². The molecule has 0 radical (unpaired) electrons. The molecule has 10 heteroatoms. The lowest BCUT2D eigenvalue weighted by Crippen LogP contribution is -2.15. The fourth-order valence-corrected chi connectivity index (χ4v) is 4.17. The van der Waals surface area contributed by atoms with Gasteiger partial charge in [-0.1, -0.05) is 40.8 Å². The van der Waals surface area contributed by atoms with E-state index in [-0.39, 0.29) is 11.7 Å². The van der Waals surface area contributed by atoms with Crippen LogP contribution in [-0.4, -0.2) is 31.6 Å². The van der Waals surface area contributed by atoms with E-state index in [0.29, 0.717) is 14.5 Å². The number of thioether (sulfide) groups is 1. The van der Waals surface area contributed by atoms with Gasteiger partial charge in [-0.15, -0.1) is 10.2 Å². The van der Waals surface area contributed by atoms with Gasteiger partial charge in [0.25, 0.3) is 0 Å². The predicted octanol–water partition coefficient (Wildman–Crippen LogP) is 4.32. The Balaban J connectivity index is 1.58. The first-order valence-electron chi connectivity index (χ1n) is 8.13. The van der Waals surface area contributed by atoms with Gasteiger partial charge in [-0.05, 0) is 38.5 Å². The van der Waals surface area contributed by atoms with Crippen LogP contribution in [0.15, 0.2) is 22.5 Å². The van der Waals surface area contributed by atoms with Gasteiger partial charge in [-0.25, -0.2) is 0 Å². The van der Waals surface area contributed by atoms with Gasteiger partial charge in [-0.3, -0.25) is 9.48 Å². The van der Waals surface area contributed by atoms with Gasteiger partial charge in [0.2, 0.25) is 11.0 Å². The molecule has 0 bridgehead atoms. The Kier molecular flexibility index (Phi) is 6.03. The minimum atomic E-state index is -0.102. The van der Waals surface area contributed by atoms with E-state index < -0.39 is 0 Å². The van der Waals surface area contributed by atoms with Crippen molar-refractivity contribution in [1.82, 2.24) is 20.0 Å². The predicted molar refractivity (Wildman–Crippen MR) is 111 cm³/mol. The highest BCUT2D eigenvalue weighted by Crippen LogP contribution is 2.30. The molecule has 2 heterocycles. The molecule has 27 heavy (non-hydrogen) atoms. The molecule has 1 amide bonds. The average molecular weight is 423 g/mol. The monoisotopic (exact) mass is 422 g/mol. The van der Waals surface area contributed by atoms with Crippen LogP contribution >= 0.6 is 34.7 Å². The van der Waals surface area contributed by atoms with Crippen LogP contribution in [0.4, 0.5) is 16.5 Å². The maximum atomic E-state index is 12.2. The summed E-state index contributed by atoms with van der Waals surface area (Å²) in [6.45, 7) is 5.73. The van der Waals surface area contributed by atoms with Crippen molar-refractivity contribution in [3.8, 4) is 0 Å². The summed E-state index contributed by atoms with van der Waals surface area (Å²) in [4.78, 5) is 12.2. The molecule has 0 saturated heterocycles. The van der Waals surface area contributed by atoms with E-state index in [1.165, 1.54) is 23.1 Å². The van der Waals surface area contributed by atoms with Gasteiger partial charge >= 0.3 is 0 Å². The topological polar surface area (TPSA) is 84.7 Å². The van der Waals surface area contributed by atoms with Crippen molar-refractivity contribution in [2.75, 3.05) is 16.4 Å². The Morgan fingerprint density at radius 2 is 2.07 bits per heavy atom. The second-order valence-electron chi connectivity index (χ2n) is 5.92. The summed E-state index contributed by atoms with van der Waals surface area (Å²) in [6, 6.07) is 5.65. The third-order valence-corrected chi connectivity index (χ3v) is 6.40. The minimum Gasteiger partial charge on any atom is -0.330 e. The molecule has 0 aliphatic heterocycles. The number of anilines is 3. The molecule has 7 nitrogen and oxygen atoms in total. The van der Waals surface area contributed by atoms with Gasteiger partial charge in [0, 0.05) is 17.8 Å². The molecule has 1 aromatic carbocycles.